The highest BCUT2D eigenvalue weighted by Gasteiger charge is 2.25. The summed E-state index contributed by atoms with van der Waals surface area (Å²) in [5, 5.41) is 0.570. The number of carbonyl (C=O) groups is 1. The van der Waals surface area contributed by atoms with Crippen LogP contribution in [0.2, 0.25) is 0 Å². The molecule has 5 nitrogen and oxygen atoms in total. The molecule has 0 bridgehead atoms. The van der Waals surface area contributed by atoms with Crippen molar-refractivity contribution in [3.63, 3.8) is 0 Å². The standard InChI is InChI=1S/C22H22FN3O2/c1-2-24-15-19(21(27)18-5-3-4-6-20(18)24)22(28)26-13-11-25(12-14-26)17-9-7-16(23)8-10-17/h3-10,15H,2,11-14H2,1H3. The number of halogens is 1. The maximum absolute atomic E-state index is 13.1. The molecular weight excluding hydrogens is 357 g/mol. The number of aryl methyl sites for hydroxylation is 1. The molecular formula is C22H22FN3O2. The van der Waals surface area contributed by atoms with Crippen molar-refractivity contribution in [3.05, 3.63) is 76.3 Å². The van der Waals surface area contributed by atoms with E-state index in [9.17, 15) is 14.0 Å². The zero-order valence-electron chi connectivity index (χ0n) is 15.8. The highest BCUT2D eigenvalue weighted by Crippen LogP contribution is 2.18. The third-order valence-corrected chi connectivity index (χ3v) is 5.32. The number of benzene rings is 2. The Hall–Kier alpha value is -3.15. The summed E-state index contributed by atoms with van der Waals surface area (Å²) in [6.45, 7) is 5.01. The first kappa shape index (κ1) is 18.2. The smallest absolute Gasteiger partial charge is 0.259 e. The Morgan fingerprint density at radius 1 is 1.00 bits per heavy atom. The topological polar surface area (TPSA) is 45.6 Å². The van der Waals surface area contributed by atoms with E-state index in [0.29, 0.717) is 38.1 Å². The van der Waals surface area contributed by atoms with Crippen molar-refractivity contribution in [2.45, 2.75) is 13.5 Å². The van der Waals surface area contributed by atoms with E-state index in [-0.39, 0.29) is 22.7 Å². The normalized spacial score (nSPS) is 14.5. The zero-order chi connectivity index (χ0) is 19.7. The van der Waals surface area contributed by atoms with Gasteiger partial charge in [-0.2, -0.15) is 0 Å². The fraction of sp³-hybridized carbons (Fsp3) is 0.273. The van der Waals surface area contributed by atoms with E-state index in [1.165, 1.54) is 12.1 Å². The van der Waals surface area contributed by atoms with Gasteiger partial charge in [-0.25, -0.2) is 4.39 Å². The number of fused-ring (bicyclic) bond motifs is 1. The Kier molecular flexibility index (Phi) is 4.86. The van der Waals surface area contributed by atoms with E-state index in [0.717, 1.165) is 11.2 Å². The van der Waals surface area contributed by atoms with Gasteiger partial charge in [0.05, 0.1) is 5.52 Å². The second kappa shape index (κ2) is 7.46. The number of rotatable bonds is 3. The second-order valence-electron chi connectivity index (χ2n) is 6.93. The van der Waals surface area contributed by atoms with Crippen molar-refractivity contribution < 1.29 is 9.18 Å². The molecule has 2 aromatic carbocycles. The maximum Gasteiger partial charge on any atom is 0.259 e. The Bertz CT molecular complexity index is 1070. The molecule has 1 amide bonds. The molecule has 28 heavy (non-hydrogen) atoms. The summed E-state index contributed by atoms with van der Waals surface area (Å²) < 4.78 is 15.1. The molecule has 0 unspecified atom stereocenters. The van der Waals surface area contributed by atoms with Crippen LogP contribution in [0.5, 0.6) is 0 Å². The van der Waals surface area contributed by atoms with Crippen LogP contribution >= 0.6 is 0 Å². The number of piperazine rings is 1. The average molecular weight is 379 g/mol. The van der Waals surface area contributed by atoms with Gasteiger partial charge in [0.1, 0.15) is 11.4 Å². The second-order valence-corrected chi connectivity index (χ2v) is 6.93. The molecule has 1 saturated heterocycles. The quantitative estimate of drug-likeness (QED) is 0.702. The van der Waals surface area contributed by atoms with Crippen LogP contribution in [-0.4, -0.2) is 41.6 Å². The van der Waals surface area contributed by atoms with Crippen molar-refractivity contribution in [2.24, 2.45) is 0 Å². The van der Waals surface area contributed by atoms with Crippen LogP contribution in [0.25, 0.3) is 10.9 Å². The fourth-order valence-corrected chi connectivity index (χ4v) is 3.75. The Morgan fingerprint density at radius 2 is 1.68 bits per heavy atom. The lowest BCUT2D eigenvalue weighted by Gasteiger charge is -2.36. The summed E-state index contributed by atoms with van der Waals surface area (Å²) in [7, 11) is 0. The van der Waals surface area contributed by atoms with Crippen LogP contribution in [0.3, 0.4) is 0 Å². The SMILES string of the molecule is CCn1cc(C(=O)N2CCN(c3ccc(F)cc3)CC2)c(=O)c2ccccc21. The predicted octanol–water partition coefficient (Wildman–Crippen LogP) is 3.12. The van der Waals surface area contributed by atoms with E-state index in [1.807, 2.05) is 29.7 Å². The molecule has 1 aliphatic heterocycles. The number of pyridine rings is 1. The molecule has 2 heterocycles. The third-order valence-electron chi connectivity index (χ3n) is 5.32. The molecule has 1 aliphatic rings. The first-order chi connectivity index (χ1) is 13.6. The van der Waals surface area contributed by atoms with E-state index in [2.05, 4.69) is 4.90 Å². The minimum Gasteiger partial charge on any atom is -0.368 e. The highest BCUT2D eigenvalue weighted by atomic mass is 19.1. The number of para-hydroxylation sites is 1. The molecule has 0 radical (unpaired) electrons. The number of hydrogen-bond donors (Lipinski definition) is 0. The van der Waals surface area contributed by atoms with Gasteiger partial charge >= 0.3 is 0 Å². The van der Waals surface area contributed by atoms with E-state index < -0.39 is 0 Å². The summed E-state index contributed by atoms with van der Waals surface area (Å²) >= 11 is 0. The van der Waals surface area contributed by atoms with Gasteiger partial charge in [-0.1, -0.05) is 12.1 Å². The summed E-state index contributed by atoms with van der Waals surface area (Å²) in [4.78, 5) is 29.8. The lowest BCUT2D eigenvalue weighted by Crippen LogP contribution is -2.49. The Balaban J connectivity index is 1.57. The molecule has 0 spiro atoms. The lowest BCUT2D eigenvalue weighted by molar-refractivity contribution is 0.0745. The molecule has 0 saturated carbocycles. The van der Waals surface area contributed by atoms with Crippen molar-refractivity contribution in [1.82, 2.24) is 9.47 Å². The monoisotopic (exact) mass is 379 g/mol. The Morgan fingerprint density at radius 3 is 2.36 bits per heavy atom. The minimum absolute atomic E-state index is 0.216. The largest absolute Gasteiger partial charge is 0.368 e. The molecule has 1 fully saturated rings. The third kappa shape index (κ3) is 3.26. The number of hydrogen-bond acceptors (Lipinski definition) is 3. The van der Waals surface area contributed by atoms with Crippen molar-refractivity contribution >= 4 is 22.5 Å². The molecule has 0 N–H and O–H groups in total. The van der Waals surface area contributed by atoms with E-state index >= 15 is 0 Å². The highest BCUT2D eigenvalue weighted by molar-refractivity contribution is 5.97. The van der Waals surface area contributed by atoms with Gasteiger partial charge in [0.25, 0.3) is 5.91 Å². The van der Waals surface area contributed by atoms with Gasteiger partial charge < -0.3 is 14.4 Å². The minimum atomic E-state index is -0.263. The number of anilines is 1. The number of aromatic nitrogens is 1. The first-order valence-electron chi connectivity index (χ1n) is 9.50. The van der Waals surface area contributed by atoms with Crippen molar-refractivity contribution in [2.75, 3.05) is 31.1 Å². The molecule has 3 aromatic rings. The van der Waals surface area contributed by atoms with Gasteiger partial charge in [-0.3, -0.25) is 9.59 Å². The molecule has 4 rings (SSSR count). The first-order valence-corrected chi connectivity index (χ1v) is 9.50. The number of amides is 1. The van der Waals surface area contributed by atoms with Crippen LogP contribution in [0.15, 0.2) is 59.5 Å². The summed E-state index contributed by atoms with van der Waals surface area (Å²) in [6, 6.07) is 13.8. The van der Waals surface area contributed by atoms with Crippen LogP contribution in [0.4, 0.5) is 10.1 Å². The fourth-order valence-electron chi connectivity index (χ4n) is 3.75. The lowest BCUT2D eigenvalue weighted by atomic mass is 10.1. The molecule has 6 heteroatoms. The molecule has 0 atom stereocenters. The zero-order valence-corrected chi connectivity index (χ0v) is 15.8. The van der Waals surface area contributed by atoms with Gasteiger partial charge in [0.15, 0.2) is 0 Å². The Labute approximate surface area is 162 Å². The van der Waals surface area contributed by atoms with Gasteiger partial charge in [-0.05, 0) is 43.3 Å². The van der Waals surface area contributed by atoms with Crippen molar-refractivity contribution in [3.8, 4) is 0 Å². The summed E-state index contributed by atoms with van der Waals surface area (Å²) in [5.41, 5.74) is 1.78. The average Bonchev–Trinajstić information content (AvgIpc) is 2.74. The van der Waals surface area contributed by atoms with Crippen LogP contribution in [0.1, 0.15) is 17.3 Å². The van der Waals surface area contributed by atoms with Crippen LogP contribution in [0, 0.1) is 5.82 Å². The molecule has 144 valence electrons. The van der Waals surface area contributed by atoms with Gasteiger partial charge in [-0.15, -0.1) is 0 Å². The predicted molar refractivity (Wildman–Crippen MR) is 108 cm³/mol. The van der Waals surface area contributed by atoms with Gasteiger partial charge in [0, 0.05) is 50.0 Å². The number of nitrogens with zero attached hydrogens (tertiary/aromatic N) is 3. The molecule has 0 aliphatic carbocycles. The summed E-state index contributed by atoms with van der Waals surface area (Å²) in [5.74, 6) is -0.488. The van der Waals surface area contributed by atoms with Crippen molar-refractivity contribution in [1.29, 1.82) is 0 Å². The van der Waals surface area contributed by atoms with E-state index in [4.69, 9.17) is 0 Å². The van der Waals surface area contributed by atoms with Crippen LogP contribution < -0.4 is 10.3 Å². The number of carbonyl (C=O) groups excluding carboxylic acids is 1. The maximum atomic E-state index is 13.1. The summed E-state index contributed by atoms with van der Waals surface area (Å²) in [6.07, 6.45) is 1.68. The van der Waals surface area contributed by atoms with Crippen LogP contribution in [-0.2, 0) is 6.54 Å². The van der Waals surface area contributed by atoms with Gasteiger partial charge in [0.2, 0.25) is 5.43 Å². The molecule has 1 aromatic heterocycles. The van der Waals surface area contributed by atoms with E-state index in [1.54, 1.807) is 29.3 Å².